The normalized spacial score (nSPS) is 34.4. The Hall–Kier alpha value is -0.900. The van der Waals surface area contributed by atoms with Crippen molar-refractivity contribution in [3.05, 3.63) is 27.2 Å². The highest BCUT2D eigenvalue weighted by atomic mass is 35.5. The summed E-state index contributed by atoms with van der Waals surface area (Å²) in [5.41, 5.74) is 0.201. The Morgan fingerprint density at radius 2 is 1.64 bits per heavy atom. The van der Waals surface area contributed by atoms with Gasteiger partial charge >= 0.3 is 12.1 Å². The molecule has 11 heteroatoms. The molecule has 3 aliphatic carbocycles. The van der Waals surface area contributed by atoms with Gasteiger partial charge in [0, 0.05) is 23.8 Å². The zero-order valence-electron chi connectivity index (χ0n) is 27.6. The zero-order chi connectivity index (χ0) is 34.4. The number of aliphatic hydroxyl groups is 1. The van der Waals surface area contributed by atoms with Crippen LogP contribution in [0.15, 0.2) is 6.07 Å². The van der Waals surface area contributed by atoms with E-state index in [4.69, 9.17) is 23.2 Å². The second-order valence-electron chi connectivity index (χ2n) is 15.5. The number of alkyl halides is 6. The van der Waals surface area contributed by atoms with Gasteiger partial charge < -0.3 is 15.1 Å². The average molecular weight is 715 g/mol. The van der Waals surface area contributed by atoms with Crippen LogP contribution in [0, 0.1) is 23.2 Å². The van der Waals surface area contributed by atoms with Gasteiger partial charge in [0.15, 0.2) is 5.75 Å². The molecule has 5 rings (SSSR count). The number of benzene rings is 1. The standard InChI is InChI=1S/C36H51Cl2F6NO2/c1-33-21-28(39)30-24-20-27(37)32(46)31(38)25(24)19-22(29(30)26(33)14-16-34(33,2)47)11-6-5-9-17-45-18-10-13-23(45)12-7-3-4-8-15-35(40,41)36(42,43)44/h20,22-23,26,28-30,46-47H,3-19,21H2,1-2H3/t22?,23-,26?,28+,29+,30?,33+,34-/m1/s1. The molecule has 8 atom stereocenters. The third-order valence-corrected chi connectivity index (χ3v) is 13.5. The number of hydrogen-bond acceptors (Lipinski definition) is 3. The van der Waals surface area contributed by atoms with Gasteiger partial charge in [-0.05, 0) is 119 Å². The SMILES string of the molecule is C[C@]12C[C@H](F)C3c4cc(Cl)c(O)c(Cl)c4CC(CCCCCN4CCC[C@H]4CCCCCCC(F)(F)C(F)(F)F)[C@H]3C1CC[C@@]2(C)O. The van der Waals surface area contributed by atoms with Gasteiger partial charge in [-0.1, -0.05) is 62.2 Å². The van der Waals surface area contributed by atoms with Gasteiger partial charge in [-0.15, -0.1) is 0 Å². The minimum absolute atomic E-state index is 0.0598. The van der Waals surface area contributed by atoms with Crippen LogP contribution < -0.4 is 0 Å². The number of phenolic OH excluding ortho intramolecular Hbond substituents is 1. The number of nitrogens with zero attached hydrogens (tertiary/aromatic N) is 1. The summed E-state index contributed by atoms with van der Waals surface area (Å²) in [5, 5.41) is 22.3. The molecule has 1 saturated heterocycles. The van der Waals surface area contributed by atoms with Gasteiger partial charge in [0.1, 0.15) is 6.17 Å². The minimum atomic E-state index is -5.47. The molecular formula is C36H51Cl2F6NO2. The number of aromatic hydroxyl groups is 1. The van der Waals surface area contributed by atoms with E-state index in [0.717, 1.165) is 82.0 Å². The van der Waals surface area contributed by atoms with Crippen molar-refractivity contribution >= 4 is 23.2 Å². The quantitative estimate of drug-likeness (QED) is 0.158. The summed E-state index contributed by atoms with van der Waals surface area (Å²) in [6.07, 6.45) is 3.54. The lowest BCUT2D eigenvalue weighted by Gasteiger charge is -2.56. The van der Waals surface area contributed by atoms with E-state index in [0.29, 0.717) is 38.1 Å². The Kier molecular flexibility index (Phi) is 11.4. The zero-order valence-corrected chi connectivity index (χ0v) is 29.1. The molecule has 4 aliphatic rings. The maximum Gasteiger partial charge on any atom is 0.453 e. The Balaban J connectivity index is 1.13. The number of phenols is 1. The van der Waals surface area contributed by atoms with E-state index in [1.165, 1.54) is 0 Å². The monoisotopic (exact) mass is 713 g/mol. The number of fused-ring (bicyclic) bond motifs is 5. The maximum absolute atomic E-state index is 16.3. The van der Waals surface area contributed by atoms with Crippen LogP contribution in [-0.2, 0) is 6.42 Å². The maximum atomic E-state index is 16.3. The van der Waals surface area contributed by atoms with Crippen LogP contribution in [0.25, 0.3) is 0 Å². The highest BCUT2D eigenvalue weighted by Gasteiger charge is 2.64. The first-order valence-corrected chi connectivity index (χ1v) is 18.5. The van der Waals surface area contributed by atoms with Crippen molar-refractivity contribution in [1.29, 1.82) is 0 Å². The molecule has 0 spiro atoms. The second kappa shape index (κ2) is 14.4. The van der Waals surface area contributed by atoms with Crippen LogP contribution in [0.3, 0.4) is 0 Å². The van der Waals surface area contributed by atoms with Crippen molar-refractivity contribution in [3.8, 4) is 5.75 Å². The van der Waals surface area contributed by atoms with E-state index < -0.39 is 35.7 Å². The first-order valence-electron chi connectivity index (χ1n) is 17.7. The molecule has 1 aromatic carbocycles. The molecule has 0 aromatic heterocycles. The lowest BCUT2D eigenvalue weighted by Crippen LogP contribution is -2.55. The van der Waals surface area contributed by atoms with E-state index >= 15 is 4.39 Å². The molecule has 47 heavy (non-hydrogen) atoms. The van der Waals surface area contributed by atoms with Gasteiger partial charge in [-0.3, -0.25) is 0 Å². The lowest BCUT2D eigenvalue weighted by molar-refractivity contribution is -0.284. The molecule has 0 bridgehead atoms. The van der Waals surface area contributed by atoms with Crippen LogP contribution in [0.1, 0.15) is 127 Å². The van der Waals surface area contributed by atoms with Crippen molar-refractivity contribution in [2.24, 2.45) is 23.2 Å². The van der Waals surface area contributed by atoms with E-state index in [1.54, 1.807) is 6.07 Å². The Labute approximate surface area is 285 Å². The molecule has 2 N–H and O–H groups in total. The molecule has 1 heterocycles. The first kappa shape index (κ1) is 37.4. The summed E-state index contributed by atoms with van der Waals surface area (Å²) < 4.78 is 79.7. The molecular weight excluding hydrogens is 663 g/mol. The summed E-state index contributed by atoms with van der Waals surface area (Å²) in [7, 11) is 0. The number of rotatable bonds is 13. The van der Waals surface area contributed by atoms with Crippen LogP contribution >= 0.6 is 23.2 Å². The molecule has 3 nitrogen and oxygen atoms in total. The third-order valence-electron chi connectivity index (χ3n) is 12.8. The van der Waals surface area contributed by atoms with Gasteiger partial charge in [0.25, 0.3) is 0 Å². The van der Waals surface area contributed by atoms with Gasteiger partial charge in [0.05, 0.1) is 15.6 Å². The van der Waals surface area contributed by atoms with Crippen molar-refractivity contribution < 1.29 is 36.6 Å². The Morgan fingerprint density at radius 3 is 2.36 bits per heavy atom. The molecule has 2 saturated carbocycles. The molecule has 3 fully saturated rings. The molecule has 3 unspecified atom stereocenters. The Bertz CT molecular complexity index is 1240. The summed E-state index contributed by atoms with van der Waals surface area (Å²) in [6.45, 7) is 5.92. The molecule has 1 aliphatic heterocycles. The predicted molar refractivity (Wildman–Crippen MR) is 174 cm³/mol. The number of halogens is 8. The number of hydrogen-bond donors (Lipinski definition) is 2. The third kappa shape index (κ3) is 7.44. The van der Waals surface area contributed by atoms with Crippen molar-refractivity contribution in [3.63, 3.8) is 0 Å². The van der Waals surface area contributed by atoms with E-state index in [-0.39, 0.29) is 45.9 Å². The minimum Gasteiger partial charge on any atom is -0.505 e. The fraction of sp³-hybridized carbons (Fsp3) is 0.833. The van der Waals surface area contributed by atoms with Crippen LogP contribution in [-0.4, -0.2) is 58.1 Å². The van der Waals surface area contributed by atoms with Crippen molar-refractivity contribution in [1.82, 2.24) is 4.90 Å². The highest BCUT2D eigenvalue weighted by molar-refractivity contribution is 6.37. The summed E-state index contributed by atoms with van der Waals surface area (Å²) in [6, 6.07) is 2.15. The van der Waals surface area contributed by atoms with Gasteiger partial charge in [-0.25, -0.2) is 4.39 Å². The van der Waals surface area contributed by atoms with Gasteiger partial charge in [0.2, 0.25) is 0 Å². The first-order chi connectivity index (χ1) is 22.0. The number of likely N-dealkylation sites (tertiary alicyclic amines) is 1. The van der Waals surface area contributed by atoms with Crippen LogP contribution in [0.5, 0.6) is 5.75 Å². The predicted octanol–water partition coefficient (Wildman–Crippen LogP) is 11.0. The number of unbranched alkanes of at least 4 members (excludes halogenated alkanes) is 5. The van der Waals surface area contributed by atoms with E-state index in [9.17, 15) is 32.2 Å². The molecule has 0 radical (unpaired) electrons. The smallest absolute Gasteiger partial charge is 0.453 e. The van der Waals surface area contributed by atoms with Crippen LogP contribution in [0.2, 0.25) is 10.0 Å². The lowest BCUT2D eigenvalue weighted by atomic mass is 9.50. The van der Waals surface area contributed by atoms with Crippen molar-refractivity contribution in [2.75, 3.05) is 13.1 Å². The molecule has 1 aromatic rings. The molecule has 0 amide bonds. The Morgan fingerprint density at radius 1 is 0.957 bits per heavy atom. The fourth-order valence-electron chi connectivity index (χ4n) is 9.98. The highest BCUT2D eigenvalue weighted by Crippen LogP contribution is 2.67. The largest absolute Gasteiger partial charge is 0.505 e. The average Bonchev–Trinajstić information content (AvgIpc) is 3.53. The van der Waals surface area contributed by atoms with E-state index in [1.807, 2.05) is 6.92 Å². The summed E-state index contributed by atoms with van der Waals surface area (Å²) in [4.78, 5) is 2.50. The van der Waals surface area contributed by atoms with Gasteiger partial charge in [-0.2, -0.15) is 22.0 Å². The fourth-order valence-corrected chi connectivity index (χ4v) is 10.5. The van der Waals surface area contributed by atoms with E-state index in [2.05, 4.69) is 11.8 Å². The van der Waals surface area contributed by atoms with Crippen molar-refractivity contribution in [2.45, 2.75) is 152 Å². The summed E-state index contributed by atoms with van der Waals surface area (Å²) >= 11 is 13.0. The summed E-state index contributed by atoms with van der Waals surface area (Å²) in [5.74, 6) is -4.69. The second-order valence-corrected chi connectivity index (χ2v) is 16.3. The molecule has 268 valence electrons. The topological polar surface area (TPSA) is 43.7 Å². The van der Waals surface area contributed by atoms with Crippen LogP contribution in [0.4, 0.5) is 26.3 Å².